The zero-order valence-electron chi connectivity index (χ0n) is 8.79. The van der Waals surface area contributed by atoms with Crippen molar-refractivity contribution in [3.8, 4) is 0 Å². The Morgan fingerprint density at radius 3 is 2.79 bits per heavy atom. The first kappa shape index (κ1) is 11.2. The van der Waals surface area contributed by atoms with Gasteiger partial charge in [0.05, 0.1) is 6.61 Å². The maximum Gasteiger partial charge on any atom is 0.0681 e. The molecule has 2 N–H and O–H groups in total. The Kier molecular flexibility index (Phi) is 5.27. The Labute approximate surface area is 86.0 Å². The van der Waals surface area contributed by atoms with Crippen LogP contribution in [0.15, 0.2) is 24.3 Å². The highest BCUT2D eigenvalue weighted by Gasteiger charge is 1.94. The smallest absolute Gasteiger partial charge is 0.0681 e. The van der Waals surface area contributed by atoms with Gasteiger partial charge in [0.25, 0.3) is 0 Å². The van der Waals surface area contributed by atoms with Gasteiger partial charge in [-0.1, -0.05) is 37.6 Å². The average Bonchev–Trinajstić information content (AvgIpc) is 2.25. The molecule has 0 aliphatic rings. The second-order valence-electron chi connectivity index (χ2n) is 3.51. The summed E-state index contributed by atoms with van der Waals surface area (Å²) < 4.78 is 0. The monoisotopic (exact) mass is 193 g/mol. The van der Waals surface area contributed by atoms with E-state index < -0.39 is 0 Å². The lowest BCUT2D eigenvalue weighted by molar-refractivity contribution is 0.281. The highest BCUT2D eigenvalue weighted by Crippen LogP contribution is 2.04. The van der Waals surface area contributed by atoms with Crippen LogP contribution in [0.3, 0.4) is 0 Å². The maximum atomic E-state index is 8.95. The SMILES string of the molecule is CCCCNCc1cccc(CO)c1. The number of nitrogens with one attached hydrogen (secondary N) is 1. The van der Waals surface area contributed by atoms with Crippen LogP contribution in [-0.2, 0) is 13.2 Å². The molecule has 0 aliphatic carbocycles. The van der Waals surface area contributed by atoms with E-state index in [4.69, 9.17) is 5.11 Å². The van der Waals surface area contributed by atoms with Crippen molar-refractivity contribution in [1.29, 1.82) is 0 Å². The van der Waals surface area contributed by atoms with Crippen LogP contribution in [0.1, 0.15) is 30.9 Å². The van der Waals surface area contributed by atoms with Crippen molar-refractivity contribution in [2.24, 2.45) is 0 Å². The zero-order valence-corrected chi connectivity index (χ0v) is 8.79. The summed E-state index contributed by atoms with van der Waals surface area (Å²) >= 11 is 0. The second kappa shape index (κ2) is 6.57. The molecule has 1 aromatic rings. The largest absolute Gasteiger partial charge is 0.392 e. The lowest BCUT2D eigenvalue weighted by Crippen LogP contribution is -2.14. The van der Waals surface area contributed by atoms with E-state index in [0.29, 0.717) is 0 Å². The molecule has 0 atom stereocenters. The van der Waals surface area contributed by atoms with Crippen molar-refractivity contribution >= 4 is 0 Å². The topological polar surface area (TPSA) is 32.3 Å². The number of rotatable bonds is 6. The van der Waals surface area contributed by atoms with E-state index in [2.05, 4.69) is 18.3 Å². The number of hydrogen-bond acceptors (Lipinski definition) is 2. The molecule has 14 heavy (non-hydrogen) atoms. The minimum atomic E-state index is 0.128. The molecule has 0 saturated heterocycles. The highest BCUT2D eigenvalue weighted by molar-refractivity contribution is 5.22. The van der Waals surface area contributed by atoms with E-state index >= 15 is 0 Å². The summed E-state index contributed by atoms with van der Waals surface area (Å²) in [5.41, 5.74) is 2.23. The minimum absolute atomic E-state index is 0.128. The zero-order chi connectivity index (χ0) is 10.2. The van der Waals surface area contributed by atoms with Crippen LogP contribution in [0.2, 0.25) is 0 Å². The van der Waals surface area contributed by atoms with Gasteiger partial charge in [0.2, 0.25) is 0 Å². The molecule has 0 aromatic heterocycles. The molecule has 1 rings (SSSR count). The standard InChI is InChI=1S/C12H19NO/c1-2-3-7-13-9-11-5-4-6-12(8-11)10-14/h4-6,8,13-14H,2-3,7,9-10H2,1H3. The normalized spacial score (nSPS) is 10.4. The Balaban J connectivity index is 2.34. The van der Waals surface area contributed by atoms with Crippen LogP contribution in [0.4, 0.5) is 0 Å². The quantitative estimate of drug-likeness (QED) is 0.678. The Morgan fingerprint density at radius 1 is 1.29 bits per heavy atom. The van der Waals surface area contributed by atoms with Gasteiger partial charge >= 0.3 is 0 Å². The van der Waals surface area contributed by atoms with Crippen molar-refractivity contribution in [2.75, 3.05) is 6.54 Å². The lowest BCUT2D eigenvalue weighted by Gasteiger charge is -2.05. The fourth-order valence-corrected chi connectivity index (χ4v) is 1.37. The summed E-state index contributed by atoms with van der Waals surface area (Å²) in [6.45, 7) is 4.28. The van der Waals surface area contributed by atoms with Gasteiger partial charge in [-0.15, -0.1) is 0 Å². The molecule has 0 heterocycles. The maximum absolute atomic E-state index is 8.95. The van der Waals surface area contributed by atoms with E-state index in [9.17, 15) is 0 Å². The van der Waals surface area contributed by atoms with Crippen LogP contribution in [-0.4, -0.2) is 11.7 Å². The van der Waals surface area contributed by atoms with Crippen LogP contribution in [0, 0.1) is 0 Å². The van der Waals surface area contributed by atoms with Gasteiger partial charge in [-0.25, -0.2) is 0 Å². The third-order valence-corrected chi connectivity index (χ3v) is 2.21. The summed E-state index contributed by atoms with van der Waals surface area (Å²) in [7, 11) is 0. The van der Waals surface area contributed by atoms with Gasteiger partial charge in [-0.3, -0.25) is 0 Å². The number of unbranched alkanes of at least 4 members (excludes halogenated alkanes) is 1. The van der Waals surface area contributed by atoms with Gasteiger partial charge in [0, 0.05) is 6.54 Å². The number of aliphatic hydroxyl groups excluding tert-OH is 1. The molecule has 1 aromatic carbocycles. The van der Waals surface area contributed by atoms with Gasteiger partial charge in [0.15, 0.2) is 0 Å². The van der Waals surface area contributed by atoms with Crippen molar-refractivity contribution in [3.63, 3.8) is 0 Å². The summed E-state index contributed by atoms with van der Waals surface area (Å²) in [5.74, 6) is 0. The summed E-state index contributed by atoms with van der Waals surface area (Å²) in [5, 5.41) is 12.3. The van der Waals surface area contributed by atoms with Crippen molar-refractivity contribution in [3.05, 3.63) is 35.4 Å². The Hall–Kier alpha value is -0.860. The molecule has 0 aliphatic heterocycles. The molecule has 78 valence electrons. The van der Waals surface area contributed by atoms with Crippen LogP contribution in [0.5, 0.6) is 0 Å². The molecule has 0 fully saturated rings. The molecule has 0 radical (unpaired) electrons. The van der Waals surface area contributed by atoms with Crippen LogP contribution >= 0.6 is 0 Å². The van der Waals surface area contributed by atoms with Crippen LogP contribution < -0.4 is 5.32 Å². The number of aliphatic hydroxyl groups is 1. The third kappa shape index (κ3) is 3.90. The molecule has 2 nitrogen and oxygen atoms in total. The summed E-state index contributed by atoms with van der Waals surface area (Å²) in [4.78, 5) is 0. The van der Waals surface area contributed by atoms with E-state index in [0.717, 1.165) is 18.7 Å². The summed E-state index contributed by atoms with van der Waals surface area (Å²) in [6, 6.07) is 8.05. The fourth-order valence-electron chi connectivity index (χ4n) is 1.37. The molecule has 0 bridgehead atoms. The van der Waals surface area contributed by atoms with Crippen molar-refractivity contribution < 1.29 is 5.11 Å². The van der Waals surface area contributed by atoms with Gasteiger partial charge in [-0.05, 0) is 24.1 Å². The first-order valence-electron chi connectivity index (χ1n) is 5.26. The molecular formula is C12H19NO. The summed E-state index contributed by atoms with van der Waals surface area (Å²) in [6.07, 6.45) is 2.45. The van der Waals surface area contributed by atoms with Crippen molar-refractivity contribution in [2.45, 2.75) is 32.9 Å². The van der Waals surface area contributed by atoms with Gasteiger partial charge in [-0.2, -0.15) is 0 Å². The number of hydrogen-bond donors (Lipinski definition) is 2. The molecular weight excluding hydrogens is 174 g/mol. The Bertz CT molecular complexity index is 260. The van der Waals surface area contributed by atoms with Crippen LogP contribution in [0.25, 0.3) is 0 Å². The molecule has 0 saturated carbocycles. The number of benzene rings is 1. The minimum Gasteiger partial charge on any atom is -0.392 e. The van der Waals surface area contributed by atoms with E-state index in [1.54, 1.807) is 0 Å². The first-order valence-corrected chi connectivity index (χ1v) is 5.26. The molecule has 0 amide bonds. The predicted octanol–water partition coefficient (Wildman–Crippen LogP) is 2.07. The highest BCUT2D eigenvalue weighted by atomic mass is 16.3. The third-order valence-electron chi connectivity index (χ3n) is 2.21. The van der Waals surface area contributed by atoms with Crippen molar-refractivity contribution in [1.82, 2.24) is 5.32 Å². The molecule has 0 spiro atoms. The Morgan fingerprint density at radius 2 is 2.07 bits per heavy atom. The average molecular weight is 193 g/mol. The second-order valence-corrected chi connectivity index (χ2v) is 3.51. The van der Waals surface area contributed by atoms with E-state index in [-0.39, 0.29) is 6.61 Å². The fraction of sp³-hybridized carbons (Fsp3) is 0.500. The van der Waals surface area contributed by atoms with E-state index in [1.165, 1.54) is 18.4 Å². The van der Waals surface area contributed by atoms with Gasteiger partial charge in [0.1, 0.15) is 0 Å². The van der Waals surface area contributed by atoms with Gasteiger partial charge < -0.3 is 10.4 Å². The predicted molar refractivity (Wildman–Crippen MR) is 59.0 cm³/mol. The van der Waals surface area contributed by atoms with E-state index in [1.807, 2.05) is 18.2 Å². The lowest BCUT2D eigenvalue weighted by atomic mass is 10.1. The first-order chi connectivity index (χ1) is 6.86. The molecule has 0 unspecified atom stereocenters. The molecule has 2 heteroatoms.